The molecule has 0 saturated carbocycles. The van der Waals surface area contributed by atoms with Crippen molar-refractivity contribution in [2.45, 2.75) is 31.5 Å². The van der Waals surface area contributed by atoms with E-state index in [1.54, 1.807) is 23.1 Å². The largest absolute Gasteiger partial charge is 0.387 e. The van der Waals surface area contributed by atoms with E-state index in [1.807, 2.05) is 6.07 Å². The molecule has 1 N–H and O–H groups in total. The van der Waals surface area contributed by atoms with Gasteiger partial charge in [0.2, 0.25) is 0 Å². The SMILES string of the molecule is N#Cc1cc(F)ccc1CN1CCCC(O)(Cn2ccnn2)C1. The Morgan fingerprint density at radius 2 is 2.30 bits per heavy atom. The Balaban J connectivity index is 1.70. The molecule has 1 aromatic heterocycles. The predicted octanol–water partition coefficient (Wildman–Crippen LogP) is 1.32. The summed E-state index contributed by atoms with van der Waals surface area (Å²) in [5.41, 5.74) is 0.244. The minimum atomic E-state index is -0.876. The zero-order valence-electron chi connectivity index (χ0n) is 12.7. The molecule has 0 bridgehead atoms. The predicted molar refractivity (Wildman–Crippen MR) is 80.6 cm³/mol. The van der Waals surface area contributed by atoms with Crippen LogP contribution in [0.15, 0.2) is 30.6 Å². The van der Waals surface area contributed by atoms with E-state index in [9.17, 15) is 9.50 Å². The van der Waals surface area contributed by atoms with Gasteiger partial charge in [-0.15, -0.1) is 5.10 Å². The number of hydrogen-bond donors (Lipinski definition) is 1. The molecule has 1 unspecified atom stereocenters. The molecule has 23 heavy (non-hydrogen) atoms. The molecule has 120 valence electrons. The third-order valence-corrected chi connectivity index (χ3v) is 4.15. The van der Waals surface area contributed by atoms with Crippen molar-refractivity contribution < 1.29 is 9.50 Å². The van der Waals surface area contributed by atoms with Crippen LogP contribution in [0.1, 0.15) is 24.0 Å². The minimum absolute atomic E-state index is 0.343. The van der Waals surface area contributed by atoms with Crippen molar-refractivity contribution in [1.29, 1.82) is 5.26 Å². The van der Waals surface area contributed by atoms with E-state index in [0.29, 0.717) is 31.6 Å². The number of aliphatic hydroxyl groups is 1. The molecule has 0 amide bonds. The summed E-state index contributed by atoms with van der Waals surface area (Å²) in [6.07, 6.45) is 4.86. The second-order valence-electron chi connectivity index (χ2n) is 6.05. The summed E-state index contributed by atoms with van der Waals surface area (Å²) in [7, 11) is 0. The smallest absolute Gasteiger partial charge is 0.124 e. The van der Waals surface area contributed by atoms with Gasteiger partial charge >= 0.3 is 0 Å². The van der Waals surface area contributed by atoms with Crippen LogP contribution in [0.2, 0.25) is 0 Å². The monoisotopic (exact) mass is 315 g/mol. The number of β-amino-alcohol motifs (C(OH)–C–C–N with tert-alkyl or cyclic N) is 1. The quantitative estimate of drug-likeness (QED) is 0.920. The van der Waals surface area contributed by atoms with E-state index in [0.717, 1.165) is 18.5 Å². The Labute approximate surface area is 133 Å². The fourth-order valence-electron chi connectivity index (χ4n) is 3.12. The summed E-state index contributed by atoms with van der Waals surface area (Å²) < 4.78 is 14.9. The van der Waals surface area contributed by atoms with Gasteiger partial charge in [-0.1, -0.05) is 11.3 Å². The summed E-state index contributed by atoms with van der Waals surface area (Å²) in [5.74, 6) is -0.411. The normalized spacial score (nSPS) is 22.0. The van der Waals surface area contributed by atoms with Gasteiger partial charge < -0.3 is 5.11 Å². The van der Waals surface area contributed by atoms with Crippen molar-refractivity contribution in [3.05, 3.63) is 47.5 Å². The lowest BCUT2D eigenvalue weighted by Crippen LogP contribution is -2.50. The van der Waals surface area contributed by atoms with E-state index in [1.165, 1.54) is 12.1 Å². The fourth-order valence-corrected chi connectivity index (χ4v) is 3.12. The summed E-state index contributed by atoms with van der Waals surface area (Å²) in [5, 5.41) is 27.6. The van der Waals surface area contributed by atoms with Crippen LogP contribution in [0.5, 0.6) is 0 Å². The standard InChI is InChI=1S/C16H18FN5O/c17-15-3-2-13(14(8-15)9-18)10-21-6-1-4-16(23,11-21)12-22-7-5-19-20-22/h2-3,5,7-8,23H,1,4,6,10-12H2. The van der Waals surface area contributed by atoms with Crippen LogP contribution in [0.4, 0.5) is 4.39 Å². The van der Waals surface area contributed by atoms with Crippen LogP contribution in [0.3, 0.4) is 0 Å². The number of rotatable bonds is 4. The second-order valence-corrected chi connectivity index (χ2v) is 6.05. The van der Waals surface area contributed by atoms with Crippen LogP contribution in [-0.2, 0) is 13.1 Å². The van der Waals surface area contributed by atoms with Gasteiger partial charge in [-0.05, 0) is 37.1 Å². The summed E-state index contributed by atoms with van der Waals surface area (Å²) in [4.78, 5) is 2.09. The molecule has 1 atom stereocenters. The van der Waals surface area contributed by atoms with Gasteiger partial charge in [0.15, 0.2) is 0 Å². The average Bonchev–Trinajstić information content (AvgIpc) is 3.01. The van der Waals surface area contributed by atoms with E-state index < -0.39 is 11.4 Å². The number of halogens is 1. The maximum absolute atomic E-state index is 13.2. The number of aromatic nitrogens is 3. The van der Waals surface area contributed by atoms with Crippen molar-refractivity contribution in [1.82, 2.24) is 19.9 Å². The lowest BCUT2D eigenvalue weighted by Gasteiger charge is -2.39. The number of hydrogen-bond acceptors (Lipinski definition) is 5. The van der Waals surface area contributed by atoms with E-state index in [4.69, 9.17) is 5.26 Å². The highest BCUT2D eigenvalue weighted by Gasteiger charge is 2.34. The van der Waals surface area contributed by atoms with Gasteiger partial charge in [0, 0.05) is 19.3 Å². The molecule has 0 spiro atoms. The molecule has 7 heteroatoms. The topological polar surface area (TPSA) is 78.0 Å². The van der Waals surface area contributed by atoms with Crippen molar-refractivity contribution >= 4 is 0 Å². The number of nitriles is 1. The first-order valence-electron chi connectivity index (χ1n) is 7.55. The number of likely N-dealkylation sites (tertiary alicyclic amines) is 1. The lowest BCUT2D eigenvalue weighted by molar-refractivity contribution is -0.0478. The molecule has 1 saturated heterocycles. The molecular formula is C16H18FN5O. The Morgan fingerprint density at radius 1 is 1.43 bits per heavy atom. The first kappa shape index (κ1) is 15.6. The van der Waals surface area contributed by atoms with E-state index >= 15 is 0 Å². The second kappa shape index (κ2) is 6.44. The number of benzene rings is 1. The lowest BCUT2D eigenvalue weighted by atomic mass is 9.92. The van der Waals surface area contributed by atoms with Crippen molar-refractivity contribution in [2.24, 2.45) is 0 Å². The third kappa shape index (κ3) is 3.73. The summed E-state index contributed by atoms with van der Waals surface area (Å²) >= 11 is 0. The zero-order valence-corrected chi connectivity index (χ0v) is 12.7. The van der Waals surface area contributed by atoms with Crippen LogP contribution >= 0.6 is 0 Å². The minimum Gasteiger partial charge on any atom is -0.387 e. The molecule has 2 aromatic rings. The van der Waals surface area contributed by atoms with Crippen LogP contribution in [-0.4, -0.2) is 43.7 Å². The molecule has 1 aliphatic rings. The van der Waals surface area contributed by atoms with Gasteiger partial charge in [0.1, 0.15) is 5.82 Å². The molecule has 1 aliphatic heterocycles. The van der Waals surface area contributed by atoms with Crippen LogP contribution < -0.4 is 0 Å². The maximum Gasteiger partial charge on any atom is 0.124 e. The van der Waals surface area contributed by atoms with Crippen molar-refractivity contribution in [3.8, 4) is 6.07 Å². The average molecular weight is 315 g/mol. The third-order valence-electron chi connectivity index (χ3n) is 4.15. The number of nitrogens with zero attached hydrogens (tertiary/aromatic N) is 5. The van der Waals surface area contributed by atoms with Crippen LogP contribution in [0.25, 0.3) is 0 Å². The highest BCUT2D eigenvalue weighted by Crippen LogP contribution is 2.25. The van der Waals surface area contributed by atoms with Gasteiger partial charge in [0.05, 0.1) is 30.0 Å². The van der Waals surface area contributed by atoms with E-state index in [-0.39, 0.29) is 0 Å². The Bertz CT molecular complexity index is 712. The Kier molecular flexibility index (Phi) is 4.37. The Hall–Kier alpha value is -2.30. The van der Waals surface area contributed by atoms with Crippen LogP contribution in [0, 0.1) is 17.1 Å². The molecule has 1 fully saturated rings. The van der Waals surface area contributed by atoms with Gasteiger partial charge in [-0.3, -0.25) is 4.90 Å². The molecule has 0 radical (unpaired) electrons. The first-order chi connectivity index (χ1) is 11.1. The van der Waals surface area contributed by atoms with Gasteiger partial charge in [0.25, 0.3) is 0 Å². The van der Waals surface area contributed by atoms with E-state index in [2.05, 4.69) is 15.2 Å². The molecular weight excluding hydrogens is 297 g/mol. The molecule has 2 heterocycles. The van der Waals surface area contributed by atoms with Crippen molar-refractivity contribution in [2.75, 3.05) is 13.1 Å². The van der Waals surface area contributed by atoms with Crippen molar-refractivity contribution in [3.63, 3.8) is 0 Å². The number of piperidine rings is 1. The van der Waals surface area contributed by atoms with Gasteiger partial charge in [-0.2, -0.15) is 5.26 Å². The molecule has 1 aromatic carbocycles. The summed E-state index contributed by atoms with van der Waals surface area (Å²) in [6.45, 7) is 2.22. The van der Waals surface area contributed by atoms with Gasteiger partial charge in [-0.25, -0.2) is 9.07 Å². The molecule has 3 rings (SSSR count). The first-order valence-corrected chi connectivity index (χ1v) is 7.55. The Morgan fingerprint density at radius 3 is 3.04 bits per heavy atom. The highest BCUT2D eigenvalue weighted by molar-refractivity contribution is 5.37. The highest BCUT2D eigenvalue weighted by atomic mass is 19.1. The fraction of sp³-hybridized carbons (Fsp3) is 0.438. The molecule has 6 nitrogen and oxygen atoms in total. The zero-order chi connectivity index (χ0) is 16.3. The molecule has 0 aliphatic carbocycles. The maximum atomic E-state index is 13.2. The summed E-state index contributed by atoms with van der Waals surface area (Å²) in [6, 6.07) is 6.28.